The van der Waals surface area contributed by atoms with E-state index in [1.165, 1.54) is 0 Å². The van der Waals surface area contributed by atoms with Gasteiger partial charge >= 0.3 is 0 Å². The number of amides is 1. The fraction of sp³-hybridized carbons (Fsp3) is 0.344. The largest absolute Gasteiger partial charge is 0.496 e. The van der Waals surface area contributed by atoms with E-state index in [2.05, 4.69) is 11.1 Å². The number of pyridine rings is 1. The molecule has 0 radical (unpaired) electrons. The molecule has 0 saturated carbocycles. The number of hydrogen-bond donors (Lipinski definition) is 1. The van der Waals surface area contributed by atoms with E-state index >= 15 is 0 Å². The van der Waals surface area contributed by atoms with Gasteiger partial charge in [0.15, 0.2) is 5.58 Å². The number of nitriles is 1. The number of aliphatic hydroxyl groups is 1. The highest BCUT2D eigenvalue weighted by atomic mass is 16.5. The molecule has 2 aliphatic heterocycles. The zero-order valence-electron chi connectivity index (χ0n) is 22.8. The van der Waals surface area contributed by atoms with Gasteiger partial charge in [-0.05, 0) is 54.8 Å². The van der Waals surface area contributed by atoms with Gasteiger partial charge in [0.25, 0.3) is 5.91 Å². The number of methoxy groups -OCH3 is 1. The molecule has 4 aromatic rings. The molecule has 9 nitrogen and oxygen atoms in total. The Hall–Kier alpha value is -4.39. The van der Waals surface area contributed by atoms with Crippen molar-refractivity contribution < 1.29 is 28.5 Å². The van der Waals surface area contributed by atoms with Gasteiger partial charge < -0.3 is 28.6 Å². The number of nitrogens with zero attached hydrogens (tertiary/aromatic N) is 3. The highest BCUT2D eigenvalue weighted by molar-refractivity contribution is 5.97. The minimum absolute atomic E-state index is 0.0325. The molecule has 41 heavy (non-hydrogen) atoms. The van der Waals surface area contributed by atoms with Crippen LogP contribution in [0.25, 0.3) is 33.6 Å². The SMILES string of the molecule is COc1cc(C(=O)N2CCCC(O)C2)ccc1-c1cc2nccc(-c3ccc(OC4CCOCC4)c(C#N)c3)c2o1. The van der Waals surface area contributed by atoms with Crippen molar-refractivity contribution in [1.29, 1.82) is 5.26 Å². The van der Waals surface area contributed by atoms with Gasteiger partial charge in [-0.15, -0.1) is 0 Å². The second kappa shape index (κ2) is 11.6. The predicted octanol–water partition coefficient (Wildman–Crippen LogP) is 5.20. The molecular weight excluding hydrogens is 522 g/mol. The Morgan fingerprint density at radius 2 is 1.93 bits per heavy atom. The zero-order chi connectivity index (χ0) is 28.3. The third-order valence-electron chi connectivity index (χ3n) is 7.68. The number of hydrogen-bond acceptors (Lipinski definition) is 8. The van der Waals surface area contributed by atoms with Gasteiger partial charge in [0.1, 0.15) is 34.9 Å². The van der Waals surface area contributed by atoms with Crippen LogP contribution < -0.4 is 9.47 Å². The van der Waals surface area contributed by atoms with Crippen molar-refractivity contribution in [1.82, 2.24) is 9.88 Å². The molecule has 0 bridgehead atoms. The van der Waals surface area contributed by atoms with Crippen LogP contribution in [0.2, 0.25) is 0 Å². The summed E-state index contributed by atoms with van der Waals surface area (Å²) in [4.78, 5) is 19.3. The molecule has 1 atom stereocenters. The van der Waals surface area contributed by atoms with Crippen LogP contribution in [0.15, 0.2) is 59.1 Å². The lowest BCUT2D eigenvalue weighted by atomic mass is 10.0. The summed E-state index contributed by atoms with van der Waals surface area (Å²) in [7, 11) is 1.55. The van der Waals surface area contributed by atoms with Crippen molar-refractivity contribution in [2.24, 2.45) is 0 Å². The van der Waals surface area contributed by atoms with Crippen molar-refractivity contribution in [3.8, 4) is 40.0 Å². The first-order valence-electron chi connectivity index (χ1n) is 13.9. The van der Waals surface area contributed by atoms with Crippen molar-refractivity contribution in [2.75, 3.05) is 33.4 Å². The molecule has 2 aromatic heterocycles. The minimum Gasteiger partial charge on any atom is -0.496 e. The van der Waals surface area contributed by atoms with Crippen LogP contribution in [0.1, 0.15) is 41.6 Å². The Kier molecular flexibility index (Phi) is 7.59. The number of ether oxygens (including phenoxy) is 3. The molecule has 2 saturated heterocycles. The van der Waals surface area contributed by atoms with Gasteiger partial charge in [0.2, 0.25) is 0 Å². The van der Waals surface area contributed by atoms with Crippen LogP contribution in [-0.2, 0) is 4.74 Å². The van der Waals surface area contributed by atoms with Crippen LogP contribution in [-0.4, -0.2) is 66.5 Å². The maximum absolute atomic E-state index is 13.1. The van der Waals surface area contributed by atoms with E-state index in [-0.39, 0.29) is 12.0 Å². The number of rotatable bonds is 6. The van der Waals surface area contributed by atoms with Gasteiger partial charge in [-0.2, -0.15) is 5.26 Å². The van der Waals surface area contributed by atoms with E-state index in [1.807, 2.05) is 30.3 Å². The quantitative estimate of drug-likeness (QED) is 0.346. The molecule has 210 valence electrons. The van der Waals surface area contributed by atoms with Gasteiger partial charge in [-0.1, -0.05) is 6.07 Å². The number of furan rings is 1. The van der Waals surface area contributed by atoms with Crippen molar-refractivity contribution >= 4 is 17.0 Å². The molecule has 0 aliphatic carbocycles. The Bertz CT molecular complexity index is 1620. The predicted molar refractivity (Wildman–Crippen MR) is 152 cm³/mol. The van der Waals surface area contributed by atoms with Crippen molar-refractivity contribution in [2.45, 2.75) is 37.9 Å². The lowest BCUT2D eigenvalue weighted by Crippen LogP contribution is -2.42. The number of carbonyl (C=O) groups is 1. The normalized spacial score (nSPS) is 17.8. The van der Waals surface area contributed by atoms with E-state index in [1.54, 1.807) is 36.4 Å². The van der Waals surface area contributed by atoms with Gasteiger partial charge in [-0.3, -0.25) is 9.78 Å². The topological polar surface area (TPSA) is 118 Å². The summed E-state index contributed by atoms with van der Waals surface area (Å²) in [6.07, 6.45) is 4.33. The summed E-state index contributed by atoms with van der Waals surface area (Å²) >= 11 is 0. The Morgan fingerprint density at radius 1 is 1.07 bits per heavy atom. The number of carbonyl (C=O) groups excluding carboxylic acids is 1. The number of fused-ring (bicyclic) bond motifs is 1. The van der Waals surface area contributed by atoms with E-state index in [0.717, 1.165) is 30.4 Å². The average Bonchev–Trinajstić information content (AvgIpc) is 3.45. The molecule has 6 rings (SSSR count). The molecule has 0 spiro atoms. The third kappa shape index (κ3) is 5.49. The van der Waals surface area contributed by atoms with E-state index in [9.17, 15) is 15.2 Å². The lowest BCUT2D eigenvalue weighted by molar-refractivity contribution is 0.0254. The van der Waals surface area contributed by atoms with Crippen LogP contribution >= 0.6 is 0 Å². The first-order valence-corrected chi connectivity index (χ1v) is 13.9. The van der Waals surface area contributed by atoms with Crippen molar-refractivity contribution in [3.63, 3.8) is 0 Å². The Morgan fingerprint density at radius 3 is 2.71 bits per heavy atom. The third-order valence-corrected chi connectivity index (χ3v) is 7.68. The number of aromatic nitrogens is 1. The Balaban J connectivity index is 1.31. The molecule has 9 heteroatoms. The summed E-state index contributed by atoms with van der Waals surface area (Å²) in [6, 6.07) is 16.8. The number of β-amino-alcohol motifs (C(OH)–C–C–N with tert-alkyl or cyclic N) is 1. The number of benzene rings is 2. The molecule has 2 aromatic carbocycles. The summed E-state index contributed by atoms with van der Waals surface area (Å²) in [5.74, 6) is 1.46. The summed E-state index contributed by atoms with van der Waals surface area (Å²) in [5, 5.41) is 19.8. The van der Waals surface area contributed by atoms with Gasteiger partial charge in [0, 0.05) is 49.3 Å². The maximum atomic E-state index is 13.1. The molecule has 2 aliphatic rings. The first-order chi connectivity index (χ1) is 20.0. The standard InChI is InChI=1S/C32H31N3O6/c1-38-29-16-21(32(37)35-12-2-3-23(36)19-35)4-6-26(29)30-17-27-31(41-30)25(8-11-34-27)20-5-7-28(22(15-20)18-33)40-24-9-13-39-14-10-24/h4-8,11,15-17,23-24,36H,2-3,9-10,12-14,19H2,1H3. The van der Waals surface area contributed by atoms with E-state index < -0.39 is 6.10 Å². The fourth-order valence-corrected chi connectivity index (χ4v) is 5.51. The number of piperidine rings is 1. The summed E-state index contributed by atoms with van der Waals surface area (Å²) in [6.45, 7) is 2.27. The van der Waals surface area contributed by atoms with Crippen LogP contribution in [0.4, 0.5) is 0 Å². The second-order valence-electron chi connectivity index (χ2n) is 10.4. The first kappa shape index (κ1) is 26.8. The monoisotopic (exact) mass is 553 g/mol. The van der Waals surface area contributed by atoms with Crippen LogP contribution in [0.5, 0.6) is 11.5 Å². The van der Waals surface area contributed by atoms with Crippen LogP contribution in [0.3, 0.4) is 0 Å². The smallest absolute Gasteiger partial charge is 0.254 e. The highest BCUT2D eigenvalue weighted by Gasteiger charge is 2.25. The maximum Gasteiger partial charge on any atom is 0.254 e. The molecule has 1 N–H and O–H groups in total. The molecule has 4 heterocycles. The second-order valence-corrected chi connectivity index (χ2v) is 10.4. The number of likely N-dealkylation sites (tertiary alicyclic amines) is 1. The highest BCUT2D eigenvalue weighted by Crippen LogP contribution is 2.38. The number of aliphatic hydroxyl groups excluding tert-OH is 1. The lowest BCUT2D eigenvalue weighted by Gasteiger charge is -2.30. The molecule has 1 amide bonds. The van der Waals surface area contributed by atoms with E-state index in [0.29, 0.717) is 77.8 Å². The zero-order valence-corrected chi connectivity index (χ0v) is 22.8. The molecule has 2 fully saturated rings. The van der Waals surface area contributed by atoms with Crippen LogP contribution in [0, 0.1) is 11.3 Å². The Labute approximate surface area is 237 Å². The summed E-state index contributed by atoms with van der Waals surface area (Å²) in [5.41, 5.74) is 4.47. The molecular formula is C32H31N3O6. The van der Waals surface area contributed by atoms with E-state index in [4.69, 9.17) is 18.6 Å². The average molecular weight is 554 g/mol. The summed E-state index contributed by atoms with van der Waals surface area (Å²) < 4.78 is 23.5. The fourth-order valence-electron chi connectivity index (χ4n) is 5.51. The van der Waals surface area contributed by atoms with Gasteiger partial charge in [-0.25, -0.2) is 0 Å². The van der Waals surface area contributed by atoms with Crippen molar-refractivity contribution in [3.05, 3.63) is 65.9 Å². The minimum atomic E-state index is -0.494. The molecule has 1 unspecified atom stereocenters. The van der Waals surface area contributed by atoms with Gasteiger partial charge in [0.05, 0.1) is 37.6 Å².